The highest BCUT2D eigenvalue weighted by atomic mass is 16.5. The van der Waals surface area contributed by atoms with Crippen molar-refractivity contribution in [2.75, 3.05) is 6.61 Å². The lowest BCUT2D eigenvalue weighted by atomic mass is 9.97. The van der Waals surface area contributed by atoms with E-state index < -0.39 is 5.97 Å². The third-order valence-electron chi connectivity index (χ3n) is 4.12. The first-order valence-corrected chi connectivity index (χ1v) is 7.28. The maximum atomic E-state index is 12.3. The van der Waals surface area contributed by atoms with Crippen LogP contribution in [0.25, 0.3) is 33.0 Å². The SMILES string of the molecule is CCOC(=O)c1cc(O)c2cccc3c2c1-c1ccccc1-3. The molecule has 0 saturated heterocycles. The first-order valence-electron chi connectivity index (χ1n) is 7.28. The van der Waals surface area contributed by atoms with E-state index >= 15 is 0 Å². The predicted octanol–water partition coefficient (Wildman–Crippen LogP) is 4.37. The summed E-state index contributed by atoms with van der Waals surface area (Å²) in [6, 6.07) is 15.3. The zero-order chi connectivity index (χ0) is 15.3. The van der Waals surface area contributed by atoms with Crippen LogP contribution in [0.5, 0.6) is 5.75 Å². The molecule has 0 atom stereocenters. The molecular weight excluding hydrogens is 276 g/mol. The third kappa shape index (κ3) is 1.59. The van der Waals surface area contributed by atoms with Crippen LogP contribution in [-0.2, 0) is 4.74 Å². The number of benzene rings is 3. The Kier molecular flexibility index (Phi) is 2.70. The van der Waals surface area contributed by atoms with E-state index in [0.717, 1.165) is 33.0 Å². The number of phenols is 1. The summed E-state index contributed by atoms with van der Waals surface area (Å²) in [5.74, 6) is -0.294. The van der Waals surface area contributed by atoms with Crippen molar-refractivity contribution in [3.05, 3.63) is 54.1 Å². The zero-order valence-corrected chi connectivity index (χ0v) is 12.1. The minimum atomic E-state index is -0.402. The molecule has 1 N–H and O–H groups in total. The van der Waals surface area contributed by atoms with Gasteiger partial charge in [-0.3, -0.25) is 0 Å². The molecule has 0 saturated carbocycles. The fourth-order valence-electron chi connectivity index (χ4n) is 3.27. The van der Waals surface area contributed by atoms with E-state index in [2.05, 4.69) is 0 Å². The molecular formula is C19H14O3. The van der Waals surface area contributed by atoms with Gasteiger partial charge >= 0.3 is 5.97 Å². The average Bonchev–Trinajstić information content (AvgIpc) is 2.87. The predicted molar refractivity (Wildman–Crippen MR) is 86.0 cm³/mol. The number of hydrogen-bond acceptors (Lipinski definition) is 3. The van der Waals surface area contributed by atoms with E-state index in [1.807, 2.05) is 42.5 Å². The van der Waals surface area contributed by atoms with Crippen molar-refractivity contribution in [3.8, 4) is 28.0 Å². The molecule has 108 valence electrons. The first-order chi connectivity index (χ1) is 10.7. The second-order valence-electron chi connectivity index (χ2n) is 5.31. The second kappa shape index (κ2) is 4.60. The van der Waals surface area contributed by atoms with Crippen LogP contribution in [0, 0.1) is 0 Å². The Bertz CT molecular complexity index is 925. The third-order valence-corrected chi connectivity index (χ3v) is 4.12. The van der Waals surface area contributed by atoms with E-state index in [1.165, 1.54) is 6.07 Å². The summed E-state index contributed by atoms with van der Waals surface area (Å²) in [6.45, 7) is 2.08. The maximum absolute atomic E-state index is 12.3. The van der Waals surface area contributed by atoms with Crippen molar-refractivity contribution in [2.24, 2.45) is 0 Å². The number of phenolic OH excluding ortho intramolecular Hbond substituents is 1. The number of carbonyl (C=O) groups excluding carboxylic acids is 1. The van der Waals surface area contributed by atoms with Crippen LogP contribution in [0.4, 0.5) is 0 Å². The number of carbonyl (C=O) groups is 1. The number of fused-ring (bicyclic) bond motifs is 3. The Morgan fingerprint density at radius 2 is 1.77 bits per heavy atom. The minimum Gasteiger partial charge on any atom is -0.507 e. The van der Waals surface area contributed by atoms with E-state index in [9.17, 15) is 9.90 Å². The molecule has 1 aliphatic carbocycles. The monoisotopic (exact) mass is 290 g/mol. The summed E-state index contributed by atoms with van der Waals surface area (Å²) in [7, 11) is 0. The van der Waals surface area contributed by atoms with Gasteiger partial charge in [-0.15, -0.1) is 0 Å². The smallest absolute Gasteiger partial charge is 0.338 e. The van der Waals surface area contributed by atoms with Gasteiger partial charge in [-0.2, -0.15) is 0 Å². The lowest BCUT2D eigenvalue weighted by Crippen LogP contribution is -2.06. The molecule has 0 fully saturated rings. The van der Waals surface area contributed by atoms with E-state index in [1.54, 1.807) is 6.92 Å². The Morgan fingerprint density at radius 3 is 2.55 bits per heavy atom. The molecule has 0 spiro atoms. The summed E-state index contributed by atoms with van der Waals surface area (Å²) >= 11 is 0. The van der Waals surface area contributed by atoms with Crippen molar-refractivity contribution < 1.29 is 14.6 Å². The molecule has 3 aromatic rings. The van der Waals surface area contributed by atoms with Crippen LogP contribution in [0.1, 0.15) is 17.3 Å². The van der Waals surface area contributed by atoms with Gasteiger partial charge in [-0.1, -0.05) is 42.5 Å². The Balaban J connectivity index is 2.16. The van der Waals surface area contributed by atoms with Gasteiger partial charge < -0.3 is 9.84 Å². The van der Waals surface area contributed by atoms with E-state index in [0.29, 0.717) is 12.2 Å². The van der Waals surface area contributed by atoms with Crippen LogP contribution >= 0.6 is 0 Å². The zero-order valence-electron chi connectivity index (χ0n) is 12.1. The maximum Gasteiger partial charge on any atom is 0.338 e. The second-order valence-corrected chi connectivity index (χ2v) is 5.31. The van der Waals surface area contributed by atoms with Gasteiger partial charge in [0.15, 0.2) is 0 Å². The molecule has 3 aromatic carbocycles. The van der Waals surface area contributed by atoms with Gasteiger partial charge in [0.05, 0.1) is 12.2 Å². The molecule has 0 aromatic heterocycles. The summed E-state index contributed by atoms with van der Waals surface area (Å²) in [4.78, 5) is 12.3. The summed E-state index contributed by atoms with van der Waals surface area (Å²) in [5, 5.41) is 12.0. The minimum absolute atomic E-state index is 0.108. The van der Waals surface area contributed by atoms with Crippen molar-refractivity contribution >= 4 is 16.7 Å². The molecule has 0 heterocycles. The fraction of sp³-hybridized carbons (Fsp3) is 0.105. The van der Waals surface area contributed by atoms with Gasteiger partial charge in [0.25, 0.3) is 0 Å². The Hall–Kier alpha value is -2.81. The van der Waals surface area contributed by atoms with Crippen LogP contribution in [0.15, 0.2) is 48.5 Å². The fourth-order valence-corrected chi connectivity index (χ4v) is 3.27. The van der Waals surface area contributed by atoms with Gasteiger partial charge in [0.2, 0.25) is 0 Å². The van der Waals surface area contributed by atoms with Crippen molar-refractivity contribution in [2.45, 2.75) is 6.92 Å². The average molecular weight is 290 g/mol. The van der Waals surface area contributed by atoms with E-state index in [-0.39, 0.29) is 5.75 Å². The van der Waals surface area contributed by atoms with Gasteiger partial charge in [-0.05, 0) is 29.7 Å². The summed E-state index contributed by atoms with van der Waals surface area (Å²) in [6.07, 6.45) is 0. The van der Waals surface area contributed by atoms with E-state index in [4.69, 9.17) is 4.74 Å². The van der Waals surface area contributed by atoms with Crippen molar-refractivity contribution in [1.29, 1.82) is 0 Å². The van der Waals surface area contributed by atoms with Crippen LogP contribution in [-0.4, -0.2) is 17.7 Å². The number of hydrogen-bond donors (Lipinski definition) is 1. The first kappa shape index (κ1) is 12.9. The van der Waals surface area contributed by atoms with Crippen molar-refractivity contribution in [1.82, 2.24) is 0 Å². The molecule has 3 heteroatoms. The molecule has 0 unspecified atom stereocenters. The lowest BCUT2D eigenvalue weighted by molar-refractivity contribution is 0.0527. The highest BCUT2D eigenvalue weighted by Crippen LogP contribution is 2.50. The number of esters is 1. The number of ether oxygens (including phenoxy) is 1. The molecule has 3 nitrogen and oxygen atoms in total. The number of rotatable bonds is 2. The molecule has 4 rings (SSSR count). The molecule has 22 heavy (non-hydrogen) atoms. The van der Waals surface area contributed by atoms with Crippen LogP contribution in [0.3, 0.4) is 0 Å². The molecule has 1 aliphatic rings. The normalized spacial score (nSPS) is 11.5. The van der Waals surface area contributed by atoms with Crippen molar-refractivity contribution in [3.63, 3.8) is 0 Å². The molecule has 0 amide bonds. The standard InChI is InChI=1S/C19H14O3/c1-2-22-19(21)15-10-16(20)14-9-5-8-13-11-6-3-4-7-12(11)18(15)17(13)14/h3-10,20H,2H2,1H3. The van der Waals surface area contributed by atoms with Crippen LogP contribution < -0.4 is 0 Å². The summed E-state index contributed by atoms with van der Waals surface area (Å²) < 4.78 is 5.16. The Labute approximate surface area is 127 Å². The lowest BCUT2D eigenvalue weighted by Gasteiger charge is -2.11. The molecule has 0 bridgehead atoms. The quantitative estimate of drug-likeness (QED) is 0.558. The van der Waals surface area contributed by atoms with Gasteiger partial charge in [0, 0.05) is 16.3 Å². The Morgan fingerprint density at radius 1 is 1.05 bits per heavy atom. The largest absolute Gasteiger partial charge is 0.507 e. The molecule has 0 aliphatic heterocycles. The molecule has 0 radical (unpaired) electrons. The number of aromatic hydroxyl groups is 1. The topological polar surface area (TPSA) is 46.5 Å². The highest BCUT2D eigenvalue weighted by molar-refractivity contribution is 6.21. The van der Waals surface area contributed by atoms with Gasteiger partial charge in [0.1, 0.15) is 5.75 Å². The highest BCUT2D eigenvalue weighted by Gasteiger charge is 2.28. The summed E-state index contributed by atoms with van der Waals surface area (Å²) in [5.41, 5.74) is 4.42. The van der Waals surface area contributed by atoms with Crippen LogP contribution in [0.2, 0.25) is 0 Å². The van der Waals surface area contributed by atoms with Gasteiger partial charge in [-0.25, -0.2) is 4.79 Å².